The van der Waals surface area contributed by atoms with Gasteiger partial charge in [-0.1, -0.05) is 48.7 Å². The molecule has 6 rings (SSSR count). The van der Waals surface area contributed by atoms with Gasteiger partial charge in [0, 0.05) is 31.2 Å². The van der Waals surface area contributed by atoms with Crippen molar-refractivity contribution in [2.75, 3.05) is 18.1 Å². The first-order chi connectivity index (χ1) is 20.2. The van der Waals surface area contributed by atoms with Crippen LogP contribution in [0.2, 0.25) is 0 Å². The number of hydrogen-bond donors (Lipinski definition) is 1. The number of para-hydroxylation sites is 1. The average molecular weight is 553 g/mol. The summed E-state index contributed by atoms with van der Waals surface area (Å²) < 4.78 is 7.33. The third-order valence-electron chi connectivity index (χ3n) is 8.28. The van der Waals surface area contributed by atoms with Crippen LogP contribution in [0.5, 0.6) is 0 Å². The molecule has 1 saturated heterocycles. The molecule has 1 saturated carbocycles. The van der Waals surface area contributed by atoms with Gasteiger partial charge in [-0.05, 0) is 79.1 Å². The number of nitrogens with zero attached hydrogens (tertiary/aromatic N) is 5. The number of ether oxygens (including phenoxy) is 1. The Morgan fingerprint density at radius 2 is 1.73 bits per heavy atom. The van der Waals surface area contributed by atoms with Crippen LogP contribution in [0.15, 0.2) is 73.1 Å². The minimum Gasteiger partial charge on any atom is -0.376 e. The fraction of sp³-hybridized carbons (Fsp3) is 0.406. The fourth-order valence-corrected chi connectivity index (χ4v) is 6.10. The zero-order valence-corrected chi connectivity index (χ0v) is 23.2. The molecular weight excluding hydrogens is 516 g/mol. The van der Waals surface area contributed by atoms with Crippen molar-refractivity contribution in [2.24, 2.45) is 0 Å². The summed E-state index contributed by atoms with van der Waals surface area (Å²) in [7, 11) is 0. The van der Waals surface area contributed by atoms with Gasteiger partial charge in [0.05, 0.1) is 11.6 Å². The third-order valence-corrected chi connectivity index (χ3v) is 8.28. The van der Waals surface area contributed by atoms with Crippen molar-refractivity contribution in [1.82, 2.24) is 25.3 Å². The molecule has 2 aromatic carbocycles. The summed E-state index contributed by atoms with van der Waals surface area (Å²) in [5.41, 5.74) is 4.10. The lowest BCUT2D eigenvalue weighted by atomic mass is 9.84. The fourth-order valence-electron chi connectivity index (χ4n) is 6.10. The van der Waals surface area contributed by atoms with Gasteiger partial charge in [-0.15, -0.1) is 5.10 Å². The Balaban J connectivity index is 1.35. The van der Waals surface area contributed by atoms with Gasteiger partial charge in [0.15, 0.2) is 0 Å². The van der Waals surface area contributed by atoms with Gasteiger partial charge in [-0.25, -0.2) is 4.68 Å². The quantitative estimate of drug-likeness (QED) is 0.316. The summed E-state index contributed by atoms with van der Waals surface area (Å²) in [6, 6.07) is 18.4. The Hall–Kier alpha value is -4.11. The summed E-state index contributed by atoms with van der Waals surface area (Å²) >= 11 is 0. The largest absolute Gasteiger partial charge is 0.376 e. The maximum Gasteiger partial charge on any atom is 0.249 e. The van der Waals surface area contributed by atoms with E-state index >= 15 is 0 Å². The molecule has 9 heteroatoms. The Morgan fingerprint density at radius 1 is 0.951 bits per heavy atom. The topological polar surface area (TPSA) is 102 Å². The predicted octanol–water partition coefficient (Wildman–Crippen LogP) is 4.94. The van der Waals surface area contributed by atoms with Crippen LogP contribution in [0.3, 0.4) is 0 Å². The summed E-state index contributed by atoms with van der Waals surface area (Å²) in [5.74, 6) is 0.00849. The number of nitrogens with one attached hydrogen (secondary N) is 1. The van der Waals surface area contributed by atoms with Crippen LogP contribution in [-0.4, -0.2) is 51.0 Å². The molecule has 2 aliphatic rings. The third kappa shape index (κ3) is 6.15. The lowest BCUT2D eigenvalue weighted by Gasteiger charge is -2.32. The van der Waals surface area contributed by atoms with Crippen LogP contribution < -0.4 is 10.2 Å². The van der Waals surface area contributed by atoms with Crippen molar-refractivity contribution in [2.45, 2.75) is 69.6 Å². The van der Waals surface area contributed by atoms with E-state index in [1.807, 2.05) is 36.4 Å². The van der Waals surface area contributed by atoms with Gasteiger partial charge in [0.2, 0.25) is 11.8 Å². The van der Waals surface area contributed by atoms with E-state index in [0.29, 0.717) is 35.8 Å². The normalized spacial score (nSPS) is 18.3. The highest BCUT2D eigenvalue weighted by atomic mass is 16.5. The molecule has 0 spiro atoms. The smallest absolute Gasteiger partial charge is 0.249 e. The molecule has 2 atom stereocenters. The van der Waals surface area contributed by atoms with E-state index in [1.54, 1.807) is 34.1 Å². The van der Waals surface area contributed by atoms with Gasteiger partial charge in [-0.2, -0.15) is 0 Å². The van der Waals surface area contributed by atoms with Crippen LogP contribution in [0.4, 0.5) is 5.69 Å². The van der Waals surface area contributed by atoms with Gasteiger partial charge in [0.1, 0.15) is 18.1 Å². The Morgan fingerprint density at radius 3 is 2.49 bits per heavy atom. The highest BCUT2D eigenvalue weighted by molar-refractivity contribution is 6.01. The Bertz CT molecular complexity index is 1460. The van der Waals surface area contributed by atoms with Gasteiger partial charge >= 0.3 is 0 Å². The molecule has 2 fully saturated rings. The molecule has 0 bridgehead atoms. The number of anilines is 1. The number of carbonyl (C=O) groups excluding carboxylic acids is 2. The molecule has 41 heavy (non-hydrogen) atoms. The molecule has 212 valence electrons. The van der Waals surface area contributed by atoms with Crippen molar-refractivity contribution in [1.29, 1.82) is 0 Å². The standard InChI is InChI=1S/C32H36N6O3/c39-30(22-37-29-11-5-4-10-28(29)35-36-37)38(26-14-12-24(13-15-26)23-7-2-1-3-8-23)31(25-16-18-33-19-17-25)32(40)34-21-27-9-6-20-41-27/h4-5,10-19,23,27,31H,1-3,6-9,20-22H2,(H,34,40)/t27-,31-/m0/s1. The van der Waals surface area contributed by atoms with Crippen LogP contribution >= 0.6 is 0 Å². The molecule has 4 aromatic rings. The van der Waals surface area contributed by atoms with E-state index in [2.05, 4.69) is 32.7 Å². The van der Waals surface area contributed by atoms with Crippen molar-refractivity contribution < 1.29 is 14.3 Å². The zero-order chi connectivity index (χ0) is 28.0. The van der Waals surface area contributed by atoms with E-state index < -0.39 is 6.04 Å². The van der Waals surface area contributed by atoms with Crippen LogP contribution in [-0.2, 0) is 20.9 Å². The number of hydrogen-bond acceptors (Lipinski definition) is 6. The number of carbonyl (C=O) groups is 2. The highest BCUT2D eigenvalue weighted by Crippen LogP contribution is 2.35. The van der Waals surface area contributed by atoms with Gasteiger partial charge in [0.25, 0.3) is 0 Å². The molecule has 0 radical (unpaired) electrons. The summed E-state index contributed by atoms with van der Waals surface area (Å²) in [4.78, 5) is 33.9. The monoisotopic (exact) mass is 552 g/mol. The number of benzene rings is 2. The second-order valence-electron chi connectivity index (χ2n) is 11.0. The summed E-state index contributed by atoms with van der Waals surface area (Å²) in [5, 5.41) is 11.5. The highest BCUT2D eigenvalue weighted by Gasteiger charge is 2.34. The molecule has 2 aromatic heterocycles. The number of fused-ring (bicyclic) bond motifs is 1. The second kappa shape index (κ2) is 12.6. The van der Waals surface area contributed by atoms with Crippen LogP contribution in [0.1, 0.15) is 68.0 Å². The first-order valence-electron chi connectivity index (χ1n) is 14.7. The first-order valence-corrected chi connectivity index (χ1v) is 14.7. The van der Waals surface area contributed by atoms with E-state index in [0.717, 1.165) is 18.4 Å². The maximum absolute atomic E-state index is 14.2. The van der Waals surface area contributed by atoms with Crippen molar-refractivity contribution >= 4 is 28.5 Å². The van der Waals surface area contributed by atoms with E-state index in [9.17, 15) is 9.59 Å². The molecule has 1 aliphatic carbocycles. The van der Waals surface area contributed by atoms with Crippen molar-refractivity contribution in [3.63, 3.8) is 0 Å². The van der Waals surface area contributed by atoms with E-state index in [4.69, 9.17) is 4.74 Å². The first kappa shape index (κ1) is 27.1. The zero-order valence-electron chi connectivity index (χ0n) is 23.2. The van der Waals surface area contributed by atoms with Crippen molar-refractivity contribution in [3.05, 3.63) is 84.2 Å². The summed E-state index contributed by atoms with van der Waals surface area (Å²) in [6.07, 6.45) is 11.3. The van der Waals surface area contributed by atoms with Crippen LogP contribution in [0, 0.1) is 0 Å². The second-order valence-corrected chi connectivity index (χ2v) is 11.0. The molecule has 0 unspecified atom stereocenters. The van der Waals surface area contributed by atoms with E-state index in [1.165, 1.54) is 37.7 Å². The molecule has 2 amide bonds. The molecule has 3 heterocycles. The van der Waals surface area contributed by atoms with Crippen molar-refractivity contribution in [3.8, 4) is 0 Å². The molecule has 1 N–H and O–H groups in total. The maximum atomic E-state index is 14.2. The SMILES string of the molecule is O=C(NC[C@@H]1CCCO1)[C@H](c1ccncc1)N(C(=O)Cn1nnc2ccccc21)c1ccc(C2CCCCC2)cc1. The minimum absolute atomic E-state index is 0.0162. The van der Waals surface area contributed by atoms with E-state index in [-0.39, 0.29) is 24.5 Å². The van der Waals surface area contributed by atoms with Gasteiger partial charge < -0.3 is 10.1 Å². The molecule has 1 aliphatic heterocycles. The summed E-state index contributed by atoms with van der Waals surface area (Å²) in [6.45, 7) is 1.04. The Labute approximate surface area is 239 Å². The predicted molar refractivity (Wildman–Crippen MR) is 156 cm³/mol. The average Bonchev–Trinajstić information content (AvgIpc) is 3.70. The Kier molecular flexibility index (Phi) is 8.32. The number of rotatable bonds is 9. The number of pyridine rings is 1. The number of aromatic nitrogens is 4. The molecular formula is C32H36N6O3. The lowest BCUT2D eigenvalue weighted by Crippen LogP contribution is -2.46. The number of amides is 2. The van der Waals surface area contributed by atoms with Crippen LogP contribution in [0.25, 0.3) is 11.0 Å². The van der Waals surface area contributed by atoms with Gasteiger partial charge in [-0.3, -0.25) is 19.5 Å². The lowest BCUT2D eigenvalue weighted by molar-refractivity contribution is -0.127. The molecule has 9 nitrogen and oxygen atoms in total. The minimum atomic E-state index is -0.901.